The van der Waals surface area contributed by atoms with E-state index in [0.717, 1.165) is 45.2 Å². The molecule has 1 amide bonds. The summed E-state index contributed by atoms with van der Waals surface area (Å²) in [7, 11) is 1.92. The highest BCUT2D eigenvalue weighted by Gasteiger charge is 2.27. The number of nitrogens with two attached hydrogens (primary N) is 1. The van der Waals surface area contributed by atoms with Crippen LogP contribution in [0.1, 0.15) is 33.6 Å². The minimum Gasteiger partial charge on any atom is -0.444 e. The number of aromatic nitrogens is 2. The molecule has 0 bridgehead atoms. The van der Waals surface area contributed by atoms with Crippen molar-refractivity contribution in [2.24, 2.45) is 7.05 Å². The predicted molar refractivity (Wildman–Crippen MR) is 112 cm³/mol. The standard InChI is InChI=1S/C18H26IN5O2/c1-18(2,3)26-17(25)21-11-6-5-7-24(9-11)16-12-10-23(4)22-15(12)13(19)8-14(16)20/h8,10-11H,5-7,9,20H2,1-4H3,(H,21,25)/t11-/m1/s1. The van der Waals surface area contributed by atoms with E-state index in [0.29, 0.717) is 6.54 Å². The summed E-state index contributed by atoms with van der Waals surface area (Å²) in [6.45, 7) is 7.21. The Morgan fingerprint density at radius 3 is 2.88 bits per heavy atom. The van der Waals surface area contributed by atoms with Crippen molar-refractivity contribution in [2.75, 3.05) is 23.7 Å². The number of aryl methyl sites for hydroxylation is 1. The van der Waals surface area contributed by atoms with Gasteiger partial charge in [0.2, 0.25) is 0 Å². The molecule has 1 fully saturated rings. The molecule has 3 N–H and O–H groups in total. The van der Waals surface area contributed by atoms with E-state index in [1.165, 1.54) is 0 Å². The molecule has 1 saturated heterocycles. The van der Waals surface area contributed by atoms with Gasteiger partial charge in [0.25, 0.3) is 0 Å². The molecule has 1 aliphatic heterocycles. The van der Waals surface area contributed by atoms with Crippen molar-refractivity contribution in [1.29, 1.82) is 0 Å². The van der Waals surface area contributed by atoms with Gasteiger partial charge in [0.1, 0.15) is 11.1 Å². The van der Waals surface area contributed by atoms with Gasteiger partial charge < -0.3 is 20.7 Å². The second-order valence-corrected chi connectivity index (χ2v) is 8.95. The summed E-state index contributed by atoms with van der Waals surface area (Å²) in [5, 5.41) is 8.60. The first-order valence-electron chi connectivity index (χ1n) is 8.80. The minimum atomic E-state index is -0.499. The van der Waals surface area contributed by atoms with Crippen molar-refractivity contribution in [3.63, 3.8) is 0 Å². The van der Waals surface area contributed by atoms with Gasteiger partial charge in [-0.15, -0.1) is 0 Å². The van der Waals surface area contributed by atoms with E-state index in [2.05, 4.69) is 37.9 Å². The van der Waals surface area contributed by atoms with Crippen molar-refractivity contribution >= 4 is 51.0 Å². The number of alkyl carbamates (subject to hydrolysis) is 1. The van der Waals surface area contributed by atoms with Crippen LogP contribution in [0.15, 0.2) is 12.3 Å². The molecule has 1 aromatic heterocycles. The van der Waals surface area contributed by atoms with Crippen molar-refractivity contribution < 1.29 is 9.53 Å². The first-order valence-corrected chi connectivity index (χ1v) is 9.88. The van der Waals surface area contributed by atoms with Crippen LogP contribution in [0.4, 0.5) is 16.2 Å². The van der Waals surface area contributed by atoms with Gasteiger partial charge >= 0.3 is 6.09 Å². The second-order valence-electron chi connectivity index (χ2n) is 7.79. The molecule has 0 unspecified atom stereocenters. The second kappa shape index (κ2) is 7.13. The van der Waals surface area contributed by atoms with Crippen LogP contribution in [0.5, 0.6) is 0 Å². The van der Waals surface area contributed by atoms with Crippen LogP contribution in [0.3, 0.4) is 0 Å². The molecule has 0 aliphatic carbocycles. The summed E-state index contributed by atoms with van der Waals surface area (Å²) in [4.78, 5) is 14.4. The van der Waals surface area contributed by atoms with Gasteiger partial charge in [0, 0.05) is 41.3 Å². The summed E-state index contributed by atoms with van der Waals surface area (Å²) in [6.07, 6.45) is 3.55. The number of fused-ring (bicyclic) bond motifs is 1. The summed E-state index contributed by atoms with van der Waals surface area (Å²) in [5.74, 6) is 0. The first-order chi connectivity index (χ1) is 12.1. The monoisotopic (exact) mass is 471 g/mol. The first kappa shape index (κ1) is 19.1. The number of rotatable bonds is 2. The molecule has 2 aromatic rings. The number of nitrogen functional groups attached to an aromatic ring is 1. The number of carbonyl (C=O) groups excluding carboxylic acids is 1. The fourth-order valence-corrected chi connectivity index (χ4v) is 4.13. The minimum absolute atomic E-state index is 0.0315. The maximum absolute atomic E-state index is 12.1. The lowest BCUT2D eigenvalue weighted by atomic mass is 10.0. The van der Waals surface area contributed by atoms with E-state index in [9.17, 15) is 4.79 Å². The lowest BCUT2D eigenvalue weighted by molar-refractivity contribution is 0.0500. The Hall–Kier alpha value is -1.71. The Kier molecular flexibility index (Phi) is 5.23. The molecule has 0 radical (unpaired) electrons. The molecule has 1 aromatic carbocycles. The molecule has 0 spiro atoms. The predicted octanol–water partition coefficient (Wildman–Crippen LogP) is 3.25. The molecule has 0 saturated carbocycles. The Labute approximate surface area is 167 Å². The number of nitrogens with zero attached hydrogens (tertiary/aromatic N) is 3. The Morgan fingerprint density at radius 1 is 1.46 bits per heavy atom. The molecule has 26 heavy (non-hydrogen) atoms. The van der Waals surface area contributed by atoms with Crippen LogP contribution in [-0.4, -0.2) is 40.6 Å². The lowest BCUT2D eigenvalue weighted by Gasteiger charge is -2.36. The van der Waals surface area contributed by atoms with Crippen LogP contribution >= 0.6 is 22.6 Å². The number of ether oxygens (including phenoxy) is 1. The quantitative estimate of drug-likeness (QED) is 0.519. The summed E-state index contributed by atoms with van der Waals surface area (Å²) in [6, 6.07) is 2.00. The normalized spacial score (nSPS) is 18.2. The zero-order chi connectivity index (χ0) is 19.1. The third-order valence-corrected chi connectivity index (χ3v) is 5.15. The van der Waals surface area contributed by atoms with E-state index in [-0.39, 0.29) is 12.1 Å². The van der Waals surface area contributed by atoms with E-state index >= 15 is 0 Å². The van der Waals surface area contributed by atoms with Crippen molar-refractivity contribution in [3.05, 3.63) is 15.8 Å². The third-order valence-electron chi connectivity index (χ3n) is 4.32. The number of anilines is 2. The van der Waals surface area contributed by atoms with Gasteiger partial charge in [-0.3, -0.25) is 4.68 Å². The largest absolute Gasteiger partial charge is 0.444 e. The molecule has 142 valence electrons. The number of benzene rings is 1. The third kappa shape index (κ3) is 4.16. The fourth-order valence-electron chi connectivity index (χ4n) is 3.39. The number of carbonyl (C=O) groups is 1. The number of hydrogen-bond acceptors (Lipinski definition) is 5. The van der Waals surface area contributed by atoms with Crippen LogP contribution in [0.25, 0.3) is 10.9 Å². The lowest BCUT2D eigenvalue weighted by Crippen LogP contribution is -2.49. The molecule has 1 aliphatic rings. The van der Waals surface area contributed by atoms with Gasteiger partial charge in [-0.05, 0) is 62.3 Å². The van der Waals surface area contributed by atoms with E-state index in [1.54, 1.807) is 0 Å². The average Bonchev–Trinajstić information content (AvgIpc) is 2.87. The zero-order valence-corrected chi connectivity index (χ0v) is 17.8. The van der Waals surface area contributed by atoms with Crippen LogP contribution < -0.4 is 16.0 Å². The molecular weight excluding hydrogens is 445 g/mol. The van der Waals surface area contributed by atoms with E-state index < -0.39 is 5.60 Å². The topological polar surface area (TPSA) is 85.4 Å². The van der Waals surface area contributed by atoms with Crippen molar-refractivity contribution in [1.82, 2.24) is 15.1 Å². The van der Waals surface area contributed by atoms with Crippen molar-refractivity contribution in [3.8, 4) is 0 Å². The maximum Gasteiger partial charge on any atom is 0.407 e. The van der Waals surface area contributed by atoms with E-state index in [1.807, 2.05) is 44.8 Å². The SMILES string of the molecule is Cn1cc2c(N3CCC[C@@H](NC(=O)OC(C)(C)C)C3)c(N)cc(I)c2n1. The van der Waals surface area contributed by atoms with Crippen molar-refractivity contribution in [2.45, 2.75) is 45.3 Å². The number of piperidine rings is 1. The van der Waals surface area contributed by atoms with Crippen LogP contribution in [0, 0.1) is 3.57 Å². The number of nitrogens with one attached hydrogen (secondary N) is 1. The van der Waals surface area contributed by atoms with Gasteiger partial charge in [-0.2, -0.15) is 5.10 Å². The summed E-state index contributed by atoms with van der Waals surface area (Å²) in [5.41, 5.74) is 8.57. The smallest absolute Gasteiger partial charge is 0.407 e. The molecular formula is C18H26IN5O2. The molecule has 8 heteroatoms. The Balaban J connectivity index is 1.82. The molecule has 7 nitrogen and oxygen atoms in total. The van der Waals surface area contributed by atoms with Crippen LogP contribution in [0.2, 0.25) is 0 Å². The Bertz CT molecular complexity index is 827. The molecule has 2 heterocycles. The van der Waals surface area contributed by atoms with Gasteiger partial charge in [-0.25, -0.2) is 4.79 Å². The average molecular weight is 471 g/mol. The zero-order valence-electron chi connectivity index (χ0n) is 15.7. The van der Waals surface area contributed by atoms with Crippen LogP contribution in [-0.2, 0) is 11.8 Å². The van der Waals surface area contributed by atoms with E-state index in [4.69, 9.17) is 10.5 Å². The highest BCUT2D eigenvalue weighted by molar-refractivity contribution is 14.1. The number of hydrogen-bond donors (Lipinski definition) is 2. The summed E-state index contributed by atoms with van der Waals surface area (Å²) < 4.78 is 8.24. The number of halogens is 1. The van der Waals surface area contributed by atoms with Gasteiger partial charge in [0.05, 0.1) is 11.4 Å². The highest BCUT2D eigenvalue weighted by Crippen LogP contribution is 2.36. The van der Waals surface area contributed by atoms with Gasteiger partial charge in [-0.1, -0.05) is 0 Å². The maximum atomic E-state index is 12.1. The molecule has 1 atom stereocenters. The molecule has 3 rings (SSSR count). The number of amides is 1. The Morgan fingerprint density at radius 2 is 2.19 bits per heavy atom. The van der Waals surface area contributed by atoms with Gasteiger partial charge in [0.15, 0.2) is 0 Å². The fraction of sp³-hybridized carbons (Fsp3) is 0.556. The summed E-state index contributed by atoms with van der Waals surface area (Å²) >= 11 is 2.27. The highest BCUT2D eigenvalue weighted by atomic mass is 127.